The predicted molar refractivity (Wildman–Crippen MR) is 90.0 cm³/mol. The standard InChI is InChI=1S/C17H18BrNS/c18-15-3-1-2-14(10-15)12-20-17-8-4-13(5-9-17)11-19-16-6-7-16/h1-5,8-10,16,19H,6-7,11-12H2. The topological polar surface area (TPSA) is 12.0 Å². The molecule has 1 fully saturated rings. The molecular weight excluding hydrogens is 330 g/mol. The number of hydrogen-bond acceptors (Lipinski definition) is 2. The van der Waals surface area contributed by atoms with E-state index in [9.17, 15) is 0 Å². The average Bonchev–Trinajstić information content (AvgIpc) is 3.28. The number of rotatable bonds is 6. The zero-order valence-electron chi connectivity index (χ0n) is 11.3. The summed E-state index contributed by atoms with van der Waals surface area (Å²) >= 11 is 5.40. The minimum absolute atomic E-state index is 0.778. The Hall–Kier alpha value is -0.770. The monoisotopic (exact) mass is 347 g/mol. The maximum atomic E-state index is 3.54. The molecule has 0 aromatic heterocycles. The Balaban J connectivity index is 1.52. The van der Waals surface area contributed by atoms with Gasteiger partial charge in [0.1, 0.15) is 0 Å². The molecule has 1 nitrogen and oxygen atoms in total. The van der Waals surface area contributed by atoms with Crippen molar-refractivity contribution in [3.05, 3.63) is 64.1 Å². The van der Waals surface area contributed by atoms with Crippen LogP contribution < -0.4 is 5.32 Å². The van der Waals surface area contributed by atoms with Gasteiger partial charge in [0.2, 0.25) is 0 Å². The van der Waals surface area contributed by atoms with E-state index in [0.29, 0.717) is 0 Å². The Morgan fingerprint density at radius 1 is 1.05 bits per heavy atom. The molecule has 0 amide bonds. The molecule has 0 bridgehead atoms. The molecule has 0 heterocycles. The number of thioether (sulfide) groups is 1. The molecule has 2 aromatic carbocycles. The number of nitrogens with one attached hydrogen (secondary N) is 1. The molecule has 1 aliphatic rings. The lowest BCUT2D eigenvalue weighted by molar-refractivity contribution is 0.687. The van der Waals surface area contributed by atoms with Crippen molar-refractivity contribution in [3.8, 4) is 0 Å². The van der Waals surface area contributed by atoms with Crippen LogP contribution in [0.4, 0.5) is 0 Å². The minimum Gasteiger partial charge on any atom is -0.310 e. The number of halogens is 1. The molecule has 0 atom stereocenters. The van der Waals surface area contributed by atoms with Crippen LogP contribution in [0.5, 0.6) is 0 Å². The first-order valence-electron chi connectivity index (χ1n) is 6.99. The molecule has 3 heteroatoms. The second-order valence-electron chi connectivity index (χ2n) is 5.22. The third-order valence-electron chi connectivity index (χ3n) is 3.39. The third kappa shape index (κ3) is 4.37. The first kappa shape index (κ1) is 14.2. The fourth-order valence-electron chi connectivity index (χ4n) is 2.05. The largest absolute Gasteiger partial charge is 0.310 e. The van der Waals surface area contributed by atoms with Crippen molar-refractivity contribution in [2.24, 2.45) is 0 Å². The lowest BCUT2D eigenvalue weighted by Crippen LogP contribution is -2.14. The molecule has 0 radical (unpaired) electrons. The molecule has 1 aliphatic carbocycles. The molecule has 0 saturated heterocycles. The summed E-state index contributed by atoms with van der Waals surface area (Å²) in [5.74, 6) is 1.01. The van der Waals surface area contributed by atoms with Crippen LogP contribution in [0.15, 0.2) is 57.9 Å². The van der Waals surface area contributed by atoms with Crippen molar-refractivity contribution >= 4 is 27.7 Å². The second kappa shape index (κ2) is 6.79. The van der Waals surface area contributed by atoms with Crippen molar-refractivity contribution in [2.45, 2.75) is 36.1 Å². The van der Waals surface area contributed by atoms with Crippen LogP contribution in [0, 0.1) is 0 Å². The quantitative estimate of drug-likeness (QED) is 0.738. The average molecular weight is 348 g/mol. The van der Waals surface area contributed by atoms with Crippen LogP contribution in [-0.4, -0.2) is 6.04 Å². The van der Waals surface area contributed by atoms with Gasteiger partial charge in [0, 0.05) is 27.7 Å². The first-order valence-corrected chi connectivity index (χ1v) is 8.77. The zero-order chi connectivity index (χ0) is 13.8. The molecule has 20 heavy (non-hydrogen) atoms. The highest BCUT2D eigenvalue weighted by molar-refractivity contribution is 9.10. The van der Waals surface area contributed by atoms with Gasteiger partial charge in [0.15, 0.2) is 0 Å². The van der Waals surface area contributed by atoms with Crippen LogP contribution in [0.1, 0.15) is 24.0 Å². The molecule has 1 N–H and O–H groups in total. The van der Waals surface area contributed by atoms with Gasteiger partial charge in [-0.3, -0.25) is 0 Å². The second-order valence-corrected chi connectivity index (χ2v) is 7.18. The Bertz CT molecular complexity index is 563. The van der Waals surface area contributed by atoms with E-state index in [1.807, 2.05) is 11.8 Å². The molecule has 104 valence electrons. The van der Waals surface area contributed by atoms with E-state index >= 15 is 0 Å². The van der Waals surface area contributed by atoms with Crippen molar-refractivity contribution in [3.63, 3.8) is 0 Å². The summed E-state index contributed by atoms with van der Waals surface area (Å²) in [6.07, 6.45) is 2.70. The molecule has 0 unspecified atom stereocenters. The summed E-state index contributed by atoms with van der Waals surface area (Å²) in [4.78, 5) is 1.33. The van der Waals surface area contributed by atoms with Gasteiger partial charge in [0.05, 0.1) is 0 Å². The molecule has 0 spiro atoms. The van der Waals surface area contributed by atoms with Gasteiger partial charge in [0.25, 0.3) is 0 Å². The Kier molecular flexibility index (Phi) is 4.81. The van der Waals surface area contributed by atoms with E-state index in [0.717, 1.165) is 22.8 Å². The Morgan fingerprint density at radius 3 is 2.55 bits per heavy atom. The lowest BCUT2D eigenvalue weighted by Gasteiger charge is -2.06. The summed E-state index contributed by atoms with van der Waals surface area (Å²) in [6, 6.07) is 18.2. The maximum Gasteiger partial charge on any atom is 0.0232 e. The van der Waals surface area contributed by atoms with Gasteiger partial charge < -0.3 is 5.32 Å². The van der Waals surface area contributed by atoms with Crippen molar-refractivity contribution < 1.29 is 0 Å². The summed E-state index contributed by atoms with van der Waals surface area (Å²) in [5, 5.41) is 3.54. The van der Waals surface area contributed by atoms with Crippen LogP contribution >= 0.6 is 27.7 Å². The van der Waals surface area contributed by atoms with Gasteiger partial charge in [-0.2, -0.15) is 0 Å². The van der Waals surface area contributed by atoms with E-state index in [2.05, 4.69) is 69.8 Å². The molecular formula is C17H18BrNS. The minimum atomic E-state index is 0.778. The SMILES string of the molecule is Brc1cccc(CSc2ccc(CNC3CC3)cc2)c1. The molecule has 3 rings (SSSR count). The number of benzene rings is 2. The highest BCUT2D eigenvalue weighted by Crippen LogP contribution is 2.25. The van der Waals surface area contributed by atoms with Gasteiger partial charge in [-0.1, -0.05) is 40.2 Å². The number of hydrogen-bond donors (Lipinski definition) is 1. The van der Waals surface area contributed by atoms with E-state index in [1.165, 1.54) is 28.9 Å². The molecule has 0 aliphatic heterocycles. The van der Waals surface area contributed by atoms with Gasteiger partial charge in [-0.25, -0.2) is 0 Å². The Labute approximate surface area is 133 Å². The van der Waals surface area contributed by atoms with E-state index in [1.54, 1.807) is 0 Å². The van der Waals surface area contributed by atoms with Crippen molar-refractivity contribution in [1.82, 2.24) is 5.32 Å². The predicted octanol–water partition coefficient (Wildman–Crippen LogP) is 4.99. The summed E-state index contributed by atoms with van der Waals surface area (Å²) in [5.41, 5.74) is 2.73. The van der Waals surface area contributed by atoms with Crippen LogP contribution in [0.25, 0.3) is 0 Å². The third-order valence-corrected chi connectivity index (χ3v) is 4.97. The highest BCUT2D eigenvalue weighted by Gasteiger charge is 2.19. The first-order chi connectivity index (χ1) is 9.79. The van der Waals surface area contributed by atoms with Crippen LogP contribution in [0.3, 0.4) is 0 Å². The van der Waals surface area contributed by atoms with E-state index < -0.39 is 0 Å². The molecule has 2 aromatic rings. The molecule has 1 saturated carbocycles. The van der Waals surface area contributed by atoms with Gasteiger partial charge >= 0.3 is 0 Å². The van der Waals surface area contributed by atoms with Gasteiger partial charge in [-0.15, -0.1) is 11.8 Å². The Morgan fingerprint density at radius 2 is 1.85 bits per heavy atom. The van der Waals surface area contributed by atoms with Crippen LogP contribution in [0.2, 0.25) is 0 Å². The van der Waals surface area contributed by atoms with E-state index in [4.69, 9.17) is 0 Å². The summed E-state index contributed by atoms with van der Waals surface area (Å²) < 4.78 is 1.15. The van der Waals surface area contributed by atoms with Crippen molar-refractivity contribution in [1.29, 1.82) is 0 Å². The fourth-order valence-corrected chi connectivity index (χ4v) is 3.33. The smallest absolute Gasteiger partial charge is 0.0232 e. The normalized spacial score (nSPS) is 14.4. The fraction of sp³-hybridized carbons (Fsp3) is 0.294. The highest BCUT2D eigenvalue weighted by atomic mass is 79.9. The summed E-state index contributed by atoms with van der Waals surface area (Å²) in [7, 11) is 0. The van der Waals surface area contributed by atoms with Crippen molar-refractivity contribution in [2.75, 3.05) is 0 Å². The zero-order valence-corrected chi connectivity index (χ0v) is 13.7. The van der Waals surface area contributed by atoms with Gasteiger partial charge in [-0.05, 0) is 48.2 Å². The van der Waals surface area contributed by atoms with Crippen LogP contribution in [-0.2, 0) is 12.3 Å². The maximum absolute atomic E-state index is 3.54. The summed E-state index contributed by atoms with van der Waals surface area (Å²) in [6.45, 7) is 1.00. The lowest BCUT2D eigenvalue weighted by atomic mass is 10.2. The van der Waals surface area contributed by atoms with E-state index in [-0.39, 0.29) is 0 Å².